The molecule has 10 heteroatoms. The number of benzene rings is 3. The highest BCUT2D eigenvalue weighted by Gasteiger charge is 2.54. The van der Waals surface area contributed by atoms with Crippen LogP contribution in [-0.2, 0) is 0 Å². The summed E-state index contributed by atoms with van der Waals surface area (Å²) in [7, 11) is 36.5. The van der Waals surface area contributed by atoms with Crippen molar-refractivity contribution in [2.45, 2.75) is 48.5 Å². The molecule has 0 amide bonds. The topological polar surface area (TPSA) is 29.2 Å². The first-order valence-electron chi connectivity index (χ1n) is 20.7. The van der Waals surface area contributed by atoms with Crippen molar-refractivity contribution in [3.63, 3.8) is 0 Å². The SMILES string of the molecule is CC1=C(C)C(C)C([Si](c2cc(N(C)C)c(N(C)C)c(C)c2N(C)C)(c2cc(N(C)C)c(N(C)C)c(C)c2N(C)C)c2cc(N(C)C)c(N(C)C)c(C)c2N(C)C)=C1C. The van der Waals surface area contributed by atoms with E-state index < -0.39 is 8.07 Å². The van der Waals surface area contributed by atoms with Crippen LogP contribution in [0.2, 0.25) is 0 Å². The number of allylic oxidation sites excluding steroid dienone is 4. The van der Waals surface area contributed by atoms with Crippen LogP contribution in [0.15, 0.2) is 40.1 Å². The first-order chi connectivity index (χ1) is 26.7. The Balaban J connectivity index is 2.76. The lowest BCUT2D eigenvalue weighted by molar-refractivity contribution is 0.851. The average Bonchev–Trinajstić information content (AvgIpc) is 3.28. The zero-order valence-corrected chi connectivity index (χ0v) is 42.3. The molecule has 0 spiro atoms. The molecular weight excluding hydrogens is 731 g/mol. The fourth-order valence-electron chi connectivity index (χ4n) is 10.5. The van der Waals surface area contributed by atoms with E-state index in [1.165, 1.54) is 100 Å². The summed E-state index contributed by atoms with van der Waals surface area (Å²) in [6.07, 6.45) is 0. The summed E-state index contributed by atoms with van der Waals surface area (Å²) in [5.41, 5.74) is 19.5. The fourth-order valence-corrected chi connectivity index (χ4v) is 17.2. The van der Waals surface area contributed by atoms with Gasteiger partial charge in [0.2, 0.25) is 0 Å². The highest BCUT2D eigenvalue weighted by molar-refractivity contribution is 7.18. The molecular formula is C48H79N9Si. The van der Waals surface area contributed by atoms with Gasteiger partial charge in [-0.15, -0.1) is 0 Å². The van der Waals surface area contributed by atoms with Crippen molar-refractivity contribution >= 4 is 74.8 Å². The summed E-state index contributed by atoms with van der Waals surface area (Å²) >= 11 is 0. The van der Waals surface area contributed by atoms with Crippen molar-refractivity contribution < 1.29 is 0 Å². The lowest BCUT2D eigenvalue weighted by Gasteiger charge is -2.46. The molecule has 0 saturated carbocycles. The summed E-state index contributed by atoms with van der Waals surface area (Å²) in [6, 6.07) is 7.81. The number of rotatable bonds is 13. The van der Waals surface area contributed by atoms with Crippen LogP contribution in [0.3, 0.4) is 0 Å². The maximum atomic E-state index is 2.60. The van der Waals surface area contributed by atoms with Crippen LogP contribution in [0.25, 0.3) is 0 Å². The van der Waals surface area contributed by atoms with Crippen molar-refractivity contribution in [3.05, 3.63) is 56.8 Å². The van der Waals surface area contributed by atoms with E-state index in [4.69, 9.17) is 0 Å². The van der Waals surface area contributed by atoms with Gasteiger partial charge in [-0.25, -0.2) is 0 Å². The Morgan fingerprint density at radius 3 is 0.759 bits per heavy atom. The van der Waals surface area contributed by atoms with Gasteiger partial charge in [0, 0.05) is 144 Å². The summed E-state index contributed by atoms with van der Waals surface area (Å²) in [5, 5.41) is 5.83. The Labute approximate surface area is 355 Å². The highest BCUT2D eigenvalue weighted by atomic mass is 28.3. The second-order valence-corrected chi connectivity index (χ2v) is 22.3. The standard InChI is InChI=1S/C48H79N9Si/c1-29-30(2)32(4)48(31(29)3)58(39-26-36(49(8)9)42(52(14)15)33(5)45(39)55(20)21,40-27-37(50(10)11)43(53(16)17)34(6)46(40)56(22)23)41-28-38(51(12)13)44(54(18)19)35(7)47(41)57(24)25/h26-28,31H,1-25H3. The van der Waals surface area contributed by atoms with Gasteiger partial charge in [0.1, 0.15) is 0 Å². The molecule has 0 bridgehead atoms. The molecule has 9 nitrogen and oxygen atoms in total. The van der Waals surface area contributed by atoms with Crippen molar-refractivity contribution in [1.82, 2.24) is 0 Å². The van der Waals surface area contributed by atoms with Crippen LogP contribution in [-0.4, -0.2) is 135 Å². The average molecular weight is 810 g/mol. The van der Waals surface area contributed by atoms with E-state index in [2.05, 4.69) is 238 Å². The minimum absolute atomic E-state index is 0.219. The third kappa shape index (κ3) is 7.17. The van der Waals surface area contributed by atoms with Crippen LogP contribution in [0, 0.1) is 26.7 Å². The van der Waals surface area contributed by atoms with Crippen LogP contribution < -0.4 is 59.7 Å². The molecule has 1 unspecified atom stereocenters. The molecule has 0 heterocycles. The number of anilines is 9. The Morgan fingerprint density at radius 1 is 0.345 bits per heavy atom. The molecule has 0 saturated heterocycles. The number of hydrogen-bond acceptors (Lipinski definition) is 9. The Bertz CT molecular complexity index is 1920. The Morgan fingerprint density at radius 2 is 0.586 bits per heavy atom. The zero-order valence-electron chi connectivity index (χ0n) is 41.3. The molecule has 1 atom stereocenters. The van der Waals surface area contributed by atoms with Crippen molar-refractivity contribution in [1.29, 1.82) is 0 Å². The van der Waals surface area contributed by atoms with Crippen LogP contribution in [0.4, 0.5) is 51.2 Å². The molecule has 3 aromatic carbocycles. The molecule has 0 aliphatic heterocycles. The monoisotopic (exact) mass is 810 g/mol. The fraction of sp³-hybridized carbons (Fsp3) is 0.542. The van der Waals surface area contributed by atoms with E-state index in [9.17, 15) is 0 Å². The van der Waals surface area contributed by atoms with Gasteiger partial charge in [-0.1, -0.05) is 23.3 Å². The normalized spacial score (nSPS) is 14.3. The smallest absolute Gasteiger partial charge is 0.183 e. The third-order valence-electron chi connectivity index (χ3n) is 12.9. The lowest BCUT2D eigenvalue weighted by Crippen LogP contribution is -2.72. The van der Waals surface area contributed by atoms with Crippen LogP contribution in [0.5, 0.6) is 0 Å². The first kappa shape index (κ1) is 46.2. The lowest BCUT2D eigenvalue weighted by atomic mass is 10.0. The van der Waals surface area contributed by atoms with Gasteiger partial charge >= 0.3 is 0 Å². The Kier molecular flexibility index (Phi) is 13.3. The first-order valence-corrected chi connectivity index (χ1v) is 22.7. The minimum Gasteiger partial charge on any atom is -0.377 e. The molecule has 0 aromatic heterocycles. The van der Waals surface area contributed by atoms with Crippen molar-refractivity contribution in [2.24, 2.45) is 5.92 Å². The van der Waals surface area contributed by atoms with E-state index in [1.54, 1.807) is 5.20 Å². The van der Waals surface area contributed by atoms with Gasteiger partial charge in [-0.3, -0.25) is 0 Å². The second kappa shape index (κ2) is 16.7. The van der Waals surface area contributed by atoms with Crippen LogP contribution in [0.1, 0.15) is 44.4 Å². The van der Waals surface area contributed by atoms with E-state index in [1.807, 2.05) is 0 Å². The molecule has 0 fully saturated rings. The summed E-state index contributed by atoms with van der Waals surface area (Å²) in [5.74, 6) is 0.219. The quantitative estimate of drug-likeness (QED) is 0.142. The molecule has 0 N–H and O–H groups in total. The third-order valence-corrected chi connectivity index (χ3v) is 18.0. The van der Waals surface area contributed by atoms with Crippen molar-refractivity contribution in [3.8, 4) is 0 Å². The molecule has 1 aliphatic rings. The largest absolute Gasteiger partial charge is 0.377 e. The molecule has 58 heavy (non-hydrogen) atoms. The molecule has 4 rings (SSSR count). The second-order valence-electron chi connectivity index (χ2n) is 18.7. The number of nitrogens with zero attached hydrogens (tertiary/aromatic N) is 9. The van der Waals surface area contributed by atoms with Gasteiger partial charge in [-0.05, 0) is 103 Å². The van der Waals surface area contributed by atoms with Gasteiger partial charge in [0.25, 0.3) is 0 Å². The zero-order chi connectivity index (χ0) is 44.4. The predicted octanol–water partition coefficient (Wildman–Crippen LogP) is 6.52. The Hall–Kier alpha value is -4.44. The van der Waals surface area contributed by atoms with E-state index >= 15 is 0 Å². The van der Waals surface area contributed by atoms with Gasteiger partial charge in [0.05, 0.1) is 34.1 Å². The highest BCUT2D eigenvalue weighted by Crippen LogP contribution is 2.49. The van der Waals surface area contributed by atoms with Crippen LogP contribution >= 0.6 is 0 Å². The molecule has 320 valence electrons. The van der Waals surface area contributed by atoms with Gasteiger partial charge in [-0.2, -0.15) is 0 Å². The predicted molar refractivity (Wildman–Crippen MR) is 267 cm³/mol. The summed E-state index contributed by atoms with van der Waals surface area (Å²) < 4.78 is 0. The van der Waals surface area contributed by atoms with Gasteiger partial charge in [0.15, 0.2) is 8.07 Å². The van der Waals surface area contributed by atoms with E-state index in [0.717, 1.165) is 0 Å². The maximum absolute atomic E-state index is 3.44. The van der Waals surface area contributed by atoms with E-state index in [0.29, 0.717) is 0 Å². The van der Waals surface area contributed by atoms with Gasteiger partial charge < -0.3 is 44.1 Å². The molecule has 1 aliphatic carbocycles. The van der Waals surface area contributed by atoms with Crippen molar-refractivity contribution in [2.75, 3.05) is 171 Å². The molecule has 3 aromatic rings. The van der Waals surface area contributed by atoms with E-state index in [-0.39, 0.29) is 5.92 Å². The minimum atomic E-state index is -3.44. The maximum Gasteiger partial charge on any atom is 0.183 e. The number of hydrogen-bond donors (Lipinski definition) is 0. The molecule has 0 radical (unpaired) electrons. The summed E-state index contributed by atoms with van der Waals surface area (Å²) in [4.78, 5) is 21.1. The summed E-state index contributed by atoms with van der Waals surface area (Å²) in [6.45, 7) is 16.7.